The van der Waals surface area contributed by atoms with Crippen molar-refractivity contribution in [3.05, 3.63) is 0 Å². The van der Waals surface area contributed by atoms with Crippen molar-refractivity contribution >= 4 is 11.9 Å². The Morgan fingerprint density at radius 2 is 1.89 bits per heavy atom. The van der Waals surface area contributed by atoms with E-state index in [2.05, 4.69) is 20.9 Å². The van der Waals surface area contributed by atoms with Crippen LogP contribution < -0.4 is 16.0 Å². The van der Waals surface area contributed by atoms with Crippen molar-refractivity contribution in [2.24, 2.45) is 10.9 Å². The minimum absolute atomic E-state index is 0.0219. The van der Waals surface area contributed by atoms with Crippen LogP contribution in [0, 0.1) is 5.92 Å². The molecule has 3 N–H and O–H groups in total. The van der Waals surface area contributed by atoms with E-state index in [9.17, 15) is 4.79 Å². The summed E-state index contributed by atoms with van der Waals surface area (Å²) in [4.78, 5) is 15.6. The highest BCUT2D eigenvalue weighted by atomic mass is 16.5. The molecule has 18 heavy (non-hydrogen) atoms. The van der Waals surface area contributed by atoms with Crippen molar-refractivity contribution in [2.75, 3.05) is 39.9 Å². The molecule has 6 nitrogen and oxygen atoms in total. The summed E-state index contributed by atoms with van der Waals surface area (Å²) < 4.78 is 4.93. The van der Waals surface area contributed by atoms with Gasteiger partial charge in [0.1, 0.15) is 0 Å². The Labute approximate surface area is 110 Å². The van der Waals surface area contributed by atoms with Crippen molar-refractivity contribution in [1.29, 1.82) is 0 Å². The van der Waals surface area contributed by atoms with Crippen LogP contribution in [0.5, 0.6) is 0 Å². The highest BCUT2D eigenvalue weighted by Gasteiger charge is 2.04. The molecule has 0 spiro atoms. The molecule has 0 aromatic rings. The average Bonchev–Trinajstić information content (AvgIpc) is 2.34. The molecule has 0 rings (SSSR count). The van der Waals surface area contributed by atoms with Crippen LogP contribution in [0.4, 0.5) is 0 Å². The molecule has 0 bridgehead atoms. The molecule has 0 aliphatic rings. The van der Waals surface area contributed by atoms with Gasteiger partial charge in [0.2, 0.25) is 5.91 Å². The maximum atomic E-state index is 11.3. The first-order valence-electron chi connectivity index (χ1n) is 6.40. The lowest BCUT2D eigenvalue weighted by atomic mass is 10.2. The Kier molecular flexibility index (Phi) is 10.0. The van der Waals surface area contributed by atoms with Gasteiger partial charge in [-0.15, -0.1) is 0 Å². The van der Waals surface area contributed by atoms with E-state index in [1.807, 2.05) is 20.8 Å². The summed E-state index contributed by atoms with van der Waals surface area (Å²) in [6, 6.07) is 0. The fourth-order valence-electron chi connectivity index (χ4n) is 1.16. The van der Waals surface area contributed by atoms with Gasteiger partial charge in [0, 0.05) is 32.7 Å². The van der Waals surface area contributed by atoms with Crippen LogP contribution in [-0.2, 0) is 9.53 Å². The van der Waals surface area contributed by atoms with Crippen LogP contribution in [0.1, 0.15) is 20.8 Å². The molecule has 0 heterocycles. The minimum atomic E-state index is 0.0219. The molecule has 0 saturated carbocycles. The summed E-state index contributed by atoms with van der Waals surface area (Å²) in [5.41, 5.74) is 0. The predicted octanol–water partition coefficient (Wildman–Crippen LogP) is -0.0399. The van der Waals surface area contributed by atoms with E-state index < -0.39 is 0 Å². The van der Waals surface area contributed by atoms with Crippen molar-refractivity contribution in [2.45, 2.75) is 20.8 Å². The first-order valence-corrected chi connectivity index (χ1v) is 6.40. The molecule has 106 valence electrons. The number of hydrogen-bond donors (Lipinski definition) is 3. The summed E-state index contributed by atoms with van der Waals surface area (Å²) in [6.07, 6.45) is 0. The number of methoxy groups -OCH3 is 1. The molecule has 0 unspecified atom stereocenters. The number of carbonyl (C=O) groups excluding carboxylic acids is 1. The molecule has 0 fully saturated rings. The van der Waals surface area contributed by atoms with Crippen molar-refractivity contribution < 1.29 is 9.53 Å². The quantitative estimate of drug-likeness (QED) is 0.324. The van der Waals surface area contributed by atoms with Crippen molar-refractivity contribution in [3.8, 4) is 0 Å². The zero-order valence-electron chi connectivity index (χ0n) is 11.9. The van der Waals surface area contributed by atoms with Crippen LogP contribution in [-0.4, -0.2) is 51.8 Å². The van der Waals surface area contributed by atoms with Crippen molar-refractivity contribution in [3.63, 3.8) is 0 Å². The van der Waals surface area contributed by atoms with Gasteiger partial charge in [0.05, 0.1) is 13.2 Å². The number of carbonyl (C=O) groups is 1. The first kappa shape index (κ1) is 16.7. The maximum Gasteiger partial charge on any atom is 0.222 e. The van der Waals surface area contributed by atoms with Crippen molar-refractivity contribution in [1.82, 2.24) is 16.0 Å². The third-order valence-electron chi connectivity index (χ3n) is 2.15. The van der Waals surface area contributed by atoms with Crippen LogP contribution >= 0.6 is 0 Å². The Morgan fingerprint density at radius 3 is 2.44 bits per heavy atom. The van der Waals surface area contributed by atoms with Gasteiger partial charge < -0.3 is 20.7 Å². The first-order chi connectivity index (χ1) is 8.61. The minimum Gasteiger partial charge on any atom is -0.383 e. The molecule has 0 aliphatic heterocycles. The predicted molar refractivity (Wildman–Crippen MR) is 73.7 cm³/mol. The monoisotopic (exact) mass is 258 g/mol. The van der Waals surface area contributed by atoms with Gasteiger partial charge in [0.15, 0.2) is 5.96 Å². The number of nitrogens with zero attached hydrogens (tertiary/aromatic N) is 1. The van der Waals surface area contributed by atoms with E-state index in [1.54, 1.807) is 7.11 Å². The number of hydrogen-bond acceptors (Lipinski definition) is 3. The van der Waals surface area contributed by atoms with Gasteiger partial charge in [0.25, 0.3) is 0 Å². The lowest BCUT2D eigenvalue weighted by Gasteiger charge is -2.12. The summed E-state index contributed by atoms with van der Waals surface area (Å²) in [7, 11) is 1.65. The van der Waals surface area contributed by atoms with Crippen LogP contribution in [0.3, 0.4) is 0 Å². The summed E-state index contributed by atoms with van der Waals surface area (Å²) in [5.74, 6) is 0.833. The highest BCUT2D eigenvalue weighted by molar-refractivity contribution is 5.80. The molecule has 0 aromatic carbocycles. The van der Waals surface area contributed by atoms with Gasteiger partial charge in [-0.05, 0) is 6.92 Å². The highest BCUT2D eigenvalue weighted by Crippen LogP contribution is 1.88. The SMILES string of the molecule is CCNC(=NCCOC)NCCNC(=O)C(C)C. The molecule has 0 aliphatic carbocycles. The zero-order chi connectivity index (χ0) is 13.8. The van der Waals surface area contributed by atoms with E-state index in [0.29, 0.717) is 26.2 Å². The molecule has 0 atom stereocenters. The second-order valence-corrected chi connectivity index (χ2v) is 4.13. The van der Waals surface area contributed by atoms with Gasteiger partial charge in [-0.3, -0.25) is 9.79 Å². The number of ether oxygens (including phenoxy) is 1. The van der Waals surface area contributed by atoms with Crippen LogP contribution in [0.2, 0.25) is 0 Å². The molecule has 0 radical (unpaired) electrons. The van der Waals surface area contributed by atoms with Gasteiger partial charge >= 0.3 is 0 Å². The normalized spacial score (nSPS) is 11.5. The number of guanidine groups is 1. The van der Waals surface area contributed by atoms with E-state index in [4.69, 9.17) is 4.74 Å². The molecule has 0 saturated heterocycles. The Balaban J connectivity index is 3.82. The standard InChI is InChI=1S/C12H26N4O2/c1-5-13-12(16-8-9-18-4)15-7-6-14-11(17)10(2)3/h10H,5-9H2,1-4H3,(H,14,17)(H2,13,15,16). The molecule has 6 heteroatoms. The van der Waals surface area contributed by atoms with E-state index in [1.165, 1.54) is 0 Å². The molecule has 0 aromatic heterocycles. The lowest BCUT2D eigenvalue weighted by molar-refractivity contribution is -0.123. The average molecular weight is 258 g/mol. The number of rotatable bonds is 8. The van der Waals surface area contributed by atoms with Gasteiger partial charge in [-0.2, -0.15) is 0 Å². The third kappa shape index (κ3) is 8.81. The number of nitrogens with one attached hydrogen (secondary N) is 3. The lowest BCUT2D eigenvalue weighted by Crippen LogP contribution is -2.42. The Morgan fingerprint density at radius 1 is 1.22 bits per heavy atom. The maximum absolute atomic E-state index is 11.3. The molecular formula is C12H26N4O2. The number of aliphatic imine (C=N–C) groups is 1. The molecule has 1 amide bonds. The van der Waals surface area contributed by atoms with Crippen LogP contribution in [0.15, 0.2) is 4.99 Å². The largest absolute Gasteiger partial charge is 0.383 e. The fraction of sp³-hybridized carbons (Fsp3) is 0.833. The van der Waals surface area contributed by atoms with E-state index >= 15 is 0 Å². The Bertz CT molecular complexity index is 254. The summed E-state index contributed by atoms with van der Waals surface area (Å²) >= 11 is 0. The summed E-state index contributed by atoms with van der Waals surface area (Å²) in [5, 5.41) is 9.10. The van der Waals surface area contributed by atoms with E-state index in [-0.39, 0.29) is 11.8 Å². The summed E-state index contributed by atoms with van der Waals surface area (Å²) in [6.45, 7) is 9.01. The Hall–Kier alpha value is -1.30. The topological polar surface area (TPSA) is 74.8 Å². The molecular weight excluding hydrogens is 232 g/mol. The van der Waals surface area contributed by atoms with Crippen LogP contribution in [0.25, 0.3) is 0 Å². The number of amides is 1. The third-order valence-corrected chi connectivity index (χ3v) is 2.15. The van der Waals surface area contributed by atoms with Gasteiger partial charge in [-0.1, -0.05) is 13.8 Å². The fourth-order valence-corrected chi connectivity index (χ4v) is 1.16. The van der Waals surface area contributed by atoms with Gasteiger partial charge in [-0.25, -0.2) is 0 Å². The zero-order valence-corrected chi connectivity index (χ0v) is 11.9. The second kappa shape index (κ2) is 10.8. The smallest absolute Gasteiger partial charge is 0.222 e. The van der Waals surface area contributed by atoms with E-state index in [0.717, 1.165) is 12.5 Å². The second-order valence-electron chi connectivity index (χ2n) is 4.13.